The second-order valence-electron chi connectivity index (χ2n) is 5.00. The molecule has 0 bridgehead atoms. The monoisotopic (exact) mass is 232 g/mol. The molecule has 17 heavy (non-hydrogen) atoms. The van der Waals surface area contributed by atoms with Crippen LogP contribution in [0.2, 0.25) is 0 Å². The average molecular weight is 232 g/mol. The van der Waals surface area contributed by atoms with Crippen molar-refractivity contribution in [2.75, 3.05) is 18.9 Å². The second-order valence-corrected chi connectivity index (χ2v) is 5.00. The largest absolute Gasteiger partial charge is 0.325 e. The molecule has 0 aromatic heterocycles. The maximum absolute atomic E-state index is 12.1. The quantitative estimate of drug-likeness (QED) is 0.848. The first-order valence-corrected chi connectivity index (χ1v) is 6.15. The van der Waals surface area contributed by atoms with Crippen molar-refractivity contribution in [1.29, 1.82) is 0 Å². The first-order valence-electron chi connectivity index (χ1n) is 6.15. The number of hydrogen-bond acceptors (Lipinski definition) is 2. The molecule has 1 amide bonds. The van der Waals surface area contributed by atoms with Crippen LogP contribution in [0.5, 0.6) is 0 Å². The first kappa shape index (κ1) is 12.1. The van der Waals surface area contributed by atoms with E-state index >= 15 is 0 Å². The van der Waals surface area contributed by atoms with E-state index in [0.717, 1.165) is 25.1 Å². The van der Waals surface area contributed by atoms with Crippen molar-refractivity contribution >= 4 is 11.6 Å². The summed E-state index contributed by atoms with van der Waals surface area (Å²) < 4.78 is 0. The van der Waals surface area contributed by atoms with Crippen LogP contribution in [0, 0.1) is 13.8 Å². The number of hydrogen-bond donors (Lipinski definition) is 1. The molecule has 3 heteroatoms. The number of anilines is 1. The number of aryl methyl sites for hydroxylation is 2. The van der Waals surface area contributed by atoms with Gasteiger partial charge in [0.2, 0.25) is 5.91 Å². The Morgan fingerprint density at radius 2 is 1.94 bits per heavy atom. The van der Waals surface area contributed by atoms with E-state index in [9.17, 15) is 4.79 Å². The van der Waals surface area contributed by atoms with E-state index in [-0.39, 0.29) is 11.9 Å². The lowest BCUT2D eigenvalue weighted by Gasteiger charge is -2.19. The highest BCUT2D eigenvalue weighted by molar-refractivity contribution is 5.95. The predicted molar refractivity (Wildman–Crippen MR) is 70.2 cm³/mol. The second kappa shape index (κ2) is 4.88. The first-order chi connectivity index (χ1) is 8.06. The molecule has 1 atom stereocenters. The third kappa shape index (κ3) is 2.86. The van der Waals surface area contributed by atoms with E-state index < -0.39 is 0 Å². The highest BCUT2D eigenvalue weighted by Gasteiger charge is 2.27. The fourth-order valence-electron chi connectivity index (χ4n) is 2.51. The molecular weight excluding hydrogens is 212 g/mol. The summed E-state index contributed by atoms with van der Waals surface area (Å²) >= 11 is 0. The number of carbonyl (C=O) groups excluding carboxylic acids is 1. The zero-order valence-corrected chi connectivity index (χ0v) is 10.8. The van der Waals surface area contributed by atoms with Crippen molar-refractivity contribution in [3.05, 3.63) is 29.3 Å². The maximum atomic E-state index is 12.1. The van der Waals surface area contributed by atoms with Crippen molar-refractivity contribution in [2.45, 2.75) is 32.7 Å². The minimum absolute atomic E-state index is 0.0378. The molecule has 1 aromatic carbocycles. The summed E-state index contributed by atoms with van der Waals surface area (Å²) in [6.45, 7) is 5.11. The van der Waals surface area contributed by atoms with Gasteiger partial charge in [-0.05, 0) is 63.5 Å². The Bertz CT molecular complexity index is 408. The lowest BCUT2D eigenvalue weighted by Crippen LogP contribution is -2.37. The van der Waals surface area contributed by atoms with Crippen LogP contribution in [0.15, 0.2) is 18.2 Å². The standard InChI is InChI=1S/C14H20N2O/c1-10-7-11(2)9-12(8-10)15-14(17)13-5-4-6-16(13)3/h7-9,13H,4-6H2,1-3H3,(H,15,17). The number of benzene rings is 1. The minimum Gasteiger partial charge on any atom is -0.325 e. The van der Waals surface area contributed by atoms with Gasteiger partial charge in [0, 0.05) is 5.69 Å². The highest BCUT2D eigenvalue weighted by atomic mass is 16.2. The smallest absolute Gasteiger partial charge is 0.241 e. The van der Waals surface area contributed by atoms with E-state index in [1.807, 2.05) is 33.0 Å². The maximum Gasteiger partial charge on any atom is 0.241 e. The molecule has 0 saturated carbocycles. The van der Waals surface area contributed by atoms with Gasteiger partial charge >= 0.3 is 0 Å². The van der Waals surface area contributed by atoms with E-state index in [0.29, 0.717) is 0 Å². The number of rotatable bonds is 2. The van der Waals surface area contributed by atoms with Gasteiger partial charge in [0.25, 0.3) is 0 Å². The van der Waals surface area contributed by atoms with Crippen LogP contribution >= 0.6 is 0 Å². The normalized spacial score (nSPS) is 20.5. The van der Waals surface area contributed by atoms with Crippen molar-refractivity contribution < 1.29 is 4.79 Å². The summed E-state index contributed by atoms with van der Waals surface area (Å²) in [7, 11) is 2.01. The third-order valence-corrected chi connectivity index (χ3v) is 3.31. The molecule has 1 unspecified atom stereocenters. The third-order valence-electron chi connectivity index (χ3n) is 3.31. The van der Waals surface area contributed by atoms with Gasteiger partial charge in [0.05, 0.1) is 6.04 Å². The Hall–Kier alpha value is -1.35. The molecule has 1 fully saturated rings. The number of nitrogens with one attached hydrogen (secondary N) is 1. The van der Waals surface area contributed by atoms with Crippen LogP contribution in [0.25, 0.3) is 0 Å². The van der Waals surface area contributed by atoms with Gasteiger partial charge in [-0.1, -0.05) is 6.07 Å². The molecule has 0 aliphatic carbocycles. The molecule has 1 aromatic rings. The summed E-state index contributed by atoms with van der Waals surface area (Å²) in [5, 5.41) is 3.02. The minimum atomic E-state index is 0.0378. The van der Waals surface area contributed by atoms with Crippen LogP contribution in [-0.4, -0.2) is 30.4 Å². The molecule has 1 saturated heterocycles. The number of likely N-dealkylation sites (N-methyl/N-ethyl adjacent to an activating group) is 1. The fraction of sp³-hybridized carbons (Fsp3) is 0.500. The van der Waals surface area contributed by atoms with Gasteiger partial charge in [-0.25, -0.2) is 0 Å². The molecule has 92 valence electrons. The topological polar surface area (TPSA) is 32.3 Å². The van der Waals surface area contributed by atoms with Crippen LogP contribution < -0.4 is 5.32 Å². The van der Waals surface area contributed by atoms with Gasteiger partial charge in [-0.2, -0.15) is 0 Å². The van der Waals surface area contributed by atoms with Gasteiger partial charge in [0.1, 0.15) is 0 Å². The van der Waals surface area contributed by atoms with E-state index in [1.54, 1.807) is 0 Å². The molecule has 1 heterocycles. The van der Waals surface area contributed by atoms with Crippen molar-refractivity contribution in [3.8, 4) is 0 Å². The summed E-state index contributed by atoms with van der Waals surface area (Å²) in [6, 6.07) is 6.17. The zero-order valence-electron chi connectivity index (χ0n) is 10.8. The van der Waals surface area contributed by atoms with Crippen LogP contribution in [0.3, 0.4) is 0 Å². The SMILES string of the molecule is Cc1cc(C)cc(NC(=O)C2CCCN2C)c1. The molecular formula is C14H20N2O. The van der Waals surface area contributed by atoms with Crippen molar-refractivity contribution in [3.63, 3.8) is 0 Å². The van der Waals surface area contributed by atoms with Crippen molar-refractivity contribution in [2.24, 2.45) is 0 Å². The van der Waals surface area contributed by atoms with Crippen LogP contribution in [0.4, 0.5) is 5.69 Å². The van der Waals surface area contributed by atoms with Crippen molar-refractivity contribution in [1.82, 2.24) is 4.90 Å². The Labute approximate surface area is 103 Å². The lowest BCUT2D eigenvalue weighted by atomic mass is 10.1. The summed E-state index contributed by atoms with van der Waals surface area (Å²) in [4.78, 5) is 14.2. The fourth-order valence-corrected chi connectivity index (χ4v) is 2.51. The highest BCUT2D eigenvalue weighted by Crippen LogP contribution is 2.18. The van der Waals surface area contributed by atoms with Gasteiger partial charge in [0.15, 0.2) is 0 Å². The Kier molecular flexibility index (Phi) is 3.48. The Morgan fingerprint density at radius 1 is 1.29 bits per heavy atom. The Balaban J connectivity index is 2.07. The van der Waals surface area contributed by atoms with Crippen LogP contribution in [-0.2, 0) is 4.79 Å². The molecule has 3 nitrogen and oxygen atoms in total. The zero-order chi connectivity index (χ0) is 12.4. The molecule has 1 aliphatic heterocycles. The van der Waals surface area contributed by atoms with Gasteiger partial charge in [-0.3, -0.25) is 9.69 Å². The number of carbonyl (C=O) groups is 1. The average Bonchev–Trinajstić information content (AvgIpc) is 2.62. The summed E-state index contributed by atoms with van der Waals surface area (Å²) in [5.41, 5.74) is 3.27. The van der Waals surface area contributed by atoms with Crippen LogP contribution in [0.1, 0.15) is 24.0 Å². The van der Waals surface area contributed by atoms with Gasteiger partial charge in [-0.15, -0.1) is 0 Å². The lowest BCUT2D eigenvalue weighted by molar-refractivity contribution is -0.119. The molecule has 0 spiro atoms. The number of nitrogens with zero attached hydrogens (tertiary/aromatic N) is 1. The summed E-state index contributed by atoms with van der Waals surface area (Å²) in [5.74, 6) is 0.120. The van der Waals surface area contributed by atoms with E-state index in [1.165, 1.54) is 11.1 Å². The predicted octanol–water partition coefficient (Wildman–Crippen LogP) is 2.34. The Morgan fingerprint density at radius 3 is 2.47 bits per heavy atom. The van der Waals surface area contributed by atoms with Gasteiger partial charge < -0.3 is 5.32 Å². The molecule has 1 aliphatic rings. The molecule has 1 N–H and O–H groups in total. The van der Waals surface area contributed by atoms with E-state index in [2.05, 4.69) is 16.3 Å². The van der Waals surface area contributed by atoms with E-state index in [4.69, 9.17) is 0 Å². The number of likely N-dealkylation sites (tertiary alicyclic amines) is 1. The number of amides is 1. The molecule has 0 radical (unpaired) electrons. The summed E-state index contributed by atoms with van der Waals surface area (Å²) in [6.07, 6.45) is 2.08. The molecule has 2 rings (SSSR count).